The maximum Gasteiger partial charge on any atom is 0.261 e. The van der Waals surface area contributed by atoms with Crippen LogP contribution in [-0.2, 0) is 11.0 Å². The van der Waals surface area contributed by atoms with E-state index in [0.717, 1.165) is 0 Å². The molecule has 0 bridgehead atoms. The molecule has 0 aliphatic rings. The Morgan fingerprint density at radius 3 is 1.88 bits per heavy atom. The van der Waals surface area contributed by atoms with Gasteiger partial charge in [0.25, 0.3) is 8.32 Å². The summed E-state index contributed by atoms with van der Waals surface area (Å²) < 4.78 is 6.76. The van der Waals surface area contributed by atoms with Crippen LogP contribution in [0.2, 0.25) is 10.2 Å². The standard InChI is InChI=1S/C21H23ClN2OSi/c1-21(2,3)26(17-10-6-4-7-11-17,18-12-8-5-9-13-18)25-16-20-23-15-14-19(22)24-20/h4-15H,16H2,1-3H3. The number of hydrogen-bond acceptors (Lipinski definition) is 3. The fraction of sp³-hybridized carbons (Fsp3) is 0.238. The number of aromatic nitrogens is 2. The zero-order valence-corrected chi connectivity index (χ0v) is 17.1. The summed E-state index contributed by atoms with van der Waals surface area (Å²) in [5, 5.41) is 2.83. The lowest BCUT2D eigenvalue weighted by Gasteiger charge is -2.42. The zero-order chi connectivity index (χ0) is 18.6. The van der Waals surface area contributed by atoms with Crippen molar-refractivity contribution in [1.82, 2.24) is 9.97 Å². The largest absolute Gasteiger partial charge is 0.400 e. The Kier molecular flexibility index (Phi) is 5.56. The van der Waals surface area contributed by atoms with Gasteiger partial charge in [-0.15, -0.1) is 0 Å². The van der Waals surface area contributed by atoms with E-state index < -0.39 is 8.32 Å². The molecule has 0 N–H and O–H groups in total. The van der Waals surface area contributed by atoms with Crippen LogP contribution in [0.4, 0.5) is 0 Å². The van der Waals surface area contributed by atoms with Crippen molar-refractivity contribution in [2.24, 2.45) is 0 Å². The molecule has 134 valence electrons. The van der Waals surface area contributed by atoms with E-state index in [9.17, 15) is 0 Å². The minimum atomic E-state index is -2.57. The highest BCUT2D eigenvalue weighted by molar-refractivity contribution is 6.99. The van der Waals surface area contributed by atoms with Crippen molar-refractivity contribution < 1.29 is 4.43 Å². The molecule has 0 aliphatic carbocycles. The van der Waals surface area contributed by atoms with Crippen molar-refractivity contribution in [3.8, 4) is 0 Å². The maximum atomic E-state index is 6.76. The fourth-order valence-corrected chi connectivity index (χ4v) is 8.03. The molecule has 0 unspecified atom stereocenters. The van der Waals surface area contributed by atoms with Crippen molar-refractivity contribution in [3.05, 3.63) is 83.9 Å². The topological polar surface area (TPSA) is 35.0 Å². The summed E-state index contributed by atoms with van der Waals surface area (Å²) in [6, 6.07) is 22.7. The van der Waals surface area contributed by atoms with Crippen LogP contribution in [0.1, 0.15) is 26.6 Å². The quantitative estimate of drug-likeness (QED) is 0.489. The van der Waals surface area contributed by atoms with E-state index in [1.54, 1.807) is 12.3 Å². The molecule has 2 aromatic carbocycles. The van der Waals surface area contributed by atoms with E-state index in [0.29, 0.717) is 17.6 Å². The summed E-state index contributed by atoms with van der Waals surface area (Å²) in [7, 11) is -2.57. The molecule has 3 aromatic rings. The Labute approximate surface area is 161 Å². The molecular formula is C21H23ClN2OSi. The summed E-state index contributed by atoms with van der Waals surface area (Å²) >= 11 is 6.02. The molecule has 26 heavy (non-hydrogen) atoms. The van der Waals surface area contributed by atoms with Crippen molar-refractivity contribution >= 4 is 30.3 Å². The molecule has 0 fully saturated rings. The second-order valence-electron chi connectivity index (χ2n) is 7.25. The van der Waals surface area contributed by atoms with Crippen molar-refractivity contribution in [2.75, 3.05) is 0 Å². The molecule has 0 saturated heterocycles. The lowest BCUT2D eigenvalue weighted by Crippen LogP contribution is -2.66. The van der Waals surface area contributed by atoms with E-state index in [2.05, 4.69) is 79.3 Å². The van der Waals surface area contributed by atoms with E-state index >= 15 is 0 Å². The van der Waals surface area contributed by atoms with Gasteiger partial charge in [-0.05, 0) is 21.5 Å². The third-order valence-electron chi connectivity index (χ3n) is 4.51. The molecule has 0 amide bonds. The zero-order valence-electron chi connectivity index (χ0n) is 15.3. The van der Waals surface area contributed by atoms with Crippen LogP contribution >= 0.6 is 11.6 Å². The first kappa shape index (κ1) is 18.8. The lowest BCUT2D eigenvalue weighted by molar-refractivity contribution is 0.276. The number of halogens is 1. The number of rotatable bonds is 5. The van der Waals surface area contributed by atoms with Crippen LogP contribution in [0.25, 0.3) is 0 Å². The van der Waals surface area contributed by atoms with Gasteiger partial charge in [0.2, 0.25) is 0 Å². The lowest BCUT2D eigenvalue weighted by atomic mass is 10.2. The minimum absolute atomic E-state index is 0.0751. The molecule has 0 saturated carbocycles. The van der Waals surface area contributed by atoms with Gasteiger partial charge in [0.1, 0.15) is 5.15 Å². The first-order valence-corrected chi connectivity index (χ1v) is 10.9. The molecule has 0 spiro atoms. The molecule has 0 radical (unpaired) electrons. The Hall–Kier alpha value is -2.01. The average molecular weight is 383 g/mol. The van der Waals surface area contributed by atoms with E-state index in [4.69, 9.17) is 16.0 Å². The second-order valence-corrected chi connectivity index (χ2v) is 11.9. The fourth-order valence-electron chi connectivity index (χ4n) is 3.38. The van der Waals surface area contributed by atoms with Gasteiger partial charge in [-0.2, -0.15) is 0 Å². The molecule has 1 aromatic heterocycles. The molecular weight excluding hydrogens is 360 g/mol. The van der Waals surface area contributed by atoms with Crippen molar-refractivity contribution in [3.63, 3.8) is 0 Å². The van der Waals surface area contributed by atoms with Gasteiger partial charge in [-0.25, -0.2) is 9.97 Å². The summed E-state index contributed by atoms with van der Waals surface area (Å²) in [5.41, 5.74) is 0. The van der Waals surface area contributed by atoms with Gasteiger partial charge < -0.3 is 4.43 Å². The van der Waals surface area contributed by atoms with Crippen molar-refractivity contribution in [2.45, 2.75) is 32.4 Å². The van der Waals surface area contributed by atoms with Gasteiger partial charge in [-0.3, -0.25) is 0 Å². The minimum Gasteiger partial charge on any atom is -0.400 e. The highest BCUT2D eigenvalue weighted by Gasteiger charge is 2.50. The Bertz CT molecular complexity index is 811. The van der Waals surface area contributed by atoms with Crippen LogP contribution in [0.15, 0.2) is 72.9 Å². The average Bonchev–Trinajstić information content (AvgIpc) is 2.63. The molecule has 0 aliphatic heterocycles. The number of benzene rings is 2. The second kappa shape index (κ2) is 7.70. The number of hydrogen-bond donors (Lipinski definition) is 0. The highest BCUT2D eigenvalue weighted by atomic mass is 35.5. The predicted octanol–water partition coefficient (Wildman–Crippen LogP) is 4.21. The molecule has 1 heterocycles. The van der Waals surface area contributed by atoms with E-state index in [1.807, 2.05) is 12.1 Å². The molecule has 5 heteroatoms. The van der Waals surface area contributed by atoms with Crippen LogP contribution < -0.4 is 10.4 Å². The Morgan fingerprint density at radius 1 is 0.885 bits per heavy atom. The highest BCUT2D eigenvalue weighted by Crippen LogP contribution is 2.37. The summed E-state index contributed by atoms with van der Waals surface area (Å²) in [6.07, 6.45) is 1.67. The summed E-state index contributed by atoms with van der Waals surface area (Å²) in [5.74, 6) is 0.602. The molecule has 3 rings (SSSR count). The SMILES string of the molecule is CC(C)(C)[Si](OCc1nccc(Cl)n1)(c1ccccc1)c1ccccc1. The van der Waals surface area contributed by atoms with Crippen LogP contribution in [0, 0.1) is 0 Å². The summed E-state index contributed by atoms with van der Waals surface area (Å²) in [4.78, 5) is 8.61. The van der Waals surface area contributed by atoms with Gasteiger partial charge in [0.15, 0.2) is 5.82 Å². The first-order valence-electron chi connectivity index (χ1n) is 8.66. The number of nitrogens with zero attached hydrogens (tertiary/aromatic N) is 2. The monoisotopic (exact) mass is 382 g/mol. The van der Waals surface area contributed by atoms with E-state index in [1.165, 1.54) is 10.4 Å². The first-order chi connectivity index (χ1) is 12.4. The molecule has 0 atom stereocenters. The van der Waals surface area contributed by atoms with E-state index in [-0.39, 0.29) is 5.04 Å². The Morgan fingerprint density at radius 2 is 1.42 bits per heavy atom. The maximum absolute atomic E-state index is 6.76. The normalized spacial score (nSPS) is 12.2. The molecule has 3 nitrogen and oxygen atoms in total. The van der Waals surface area contributed by atoms with Crippen LogP contribution in [-0.4, -0.2) is 18.3 Å². The van der Waals surface area contributed by atoms with Crippen LogP contribution in [0.3, 0.4) is 0 Å². The van der Waals surface area contributed by atoms with Gasteiger partial charge in [-0.1, -0.05) is 93.0 Å². The van der Waals surface area contributed by atoms with Crippen molar-refractivity contribution in [1.29, 1.82) is 0 Å². The van der Waals surface area contributed by atoms with Gasteiger partial charge >= 0.3 is 0 Å². The third kappa shape index (κ3) is 3.73. The van der Waals surface area contributed by atoms with Gasteiger partial charge in [0.05, 0.1) is 6.61 Å². The van der Waals surface area contributed by atoms with Crippen LogP contribution in [0.5, 0.6) is 0 Å². The third-order valence-corrected chi connectivity index (χ3v) is 9.70. The summed E-state index contributed by atoms with van der Waals surface area (Å²) in [6.45, 7) is 7.07. The Balaban J connectivity index is 2.11. The van der Waals surface area contributed by atoms with Gasteiger partial charge in [0, 0.05) is 6.20 Å². The predicted molar refractivity (Wildman–Crippen MR) is 109 cm³/mol. The smallest absolute Gasteiger partial charge is 0.261 e.